The number of hydrogen-bond acceptors (Lipinski definition) is 5. The van der Waals surface area contributed by atoms with Crippen molar-refractivity contribution in [3.8, 4) is 0 Å². The Hall–Kier alpha value is -3.11. The molecule has 2 N–H and O–H groups in total. The first-order valence-electron chi connectivity index (χ1n) is 9.63. The van der Waals surface area contributed by atoms with Gasteiger partial charge in [-0.15, -0.1) is 0 Å². The number of imidazole rings is 1. The van der Waals surface area contributed by atoms with Crippen molar-refractivity contribution in [3.05, 3.63) is 64.6 Å². The number of benzene rings is 1. The first-order valence-corrected chi connectivity index (χ1v) is 10.0. The van der Waals surface area contributed by atoms with Gasteiger partial charge in [-0.05, 0) is 30.7 Å². The number of rotatable bonds is 4. The van der Waals surface area contributed by atoms with Gasteiger partial charge in [0.05, 0.1) is 33.7 Å². The van der Waals surface area contributed by atoms with Crippen LogP contribution in [0.5, 0.6) is 0 Å². The van der Waals surface area contributed by atoms with Crippen molar-refractivity contribution in [3.63, 3.8) is 0 Å². The topological polar surface area (TPSA) is 95.1 Å². The van der Waals surface area contributed by atoms with Crippen LogP contribution in [0.4, 0.5) is 19.0 Å². The number of aliphatic hydroxyl groups is 1. The van der Waals surface area contributed by atoms with E-state index in [9.17, 15) is 33.0 Å². The lowest BCUT2D eigenvalue weighted by Crippen LogP contribution is -2.46. The molecule has 0 spiro atoms. The molecule has 0 unspecified atom stereocenters. The molecule has 3 aromatic rings. The maximum atomic E-state index is 13.5. The Balaban J connectivity index is 1.80. The fourth-order valence-electron chi connectivity index (χ4n) is 3.93. The highest BCUT2D eigenvalue weighted by Crippen LogP contribution is 2.37. The number of carbonyl (C=O) groups excluding carboxylic acids is 1. The average Bonchev–Trinajstić information content (AvgIpc) is 3.12. The maximum absolute atomic E-state index is 13.5. The number of ketones is 1. The molecule has 1 fully saturated rings. The number of anilines is 1. The van der Waals surface area contributed by atoms with Gasteiger partial charge in [-0.2, -0.15) is 13.2 Å². The molecule has 0 saturated carbocycles. The van der Waals surface area contributed by atoms with E-state index < -0.39 is 41.1 Å². The molecular weight excluding hydrogens is 451 g/mol. The van der Waals surface area contributed by atoms with Crippen molar-refractivity contribution in [1.82, 2.24) is 9.38 Å². The Bertz CT molecular complexity index is 1210. The SMILES string of the molecule is O=C(c1c(Cl)cccc1C(F)(F)F)c1nc(N2CC[C@@H](C(=O)O)[C@H](O)C2)c2ccccn12. The van der Waals surface area contributed by atoms with Gasteiger partial charge < -0.3 is 15.1 Å². The second-order valence-corrected chi connectivity index (χ2v) is 7.86. The summed E-state index contributed by atoms with van der Waals surface area (Å²) in [7, 11) is 0. The molecule has 0 amide bonds. The van der Waals surface area contributed by atoms with E-state index in [0.717, 1.165) is 12.1 Å². The summed E-state index contributed by atoms with van der Waals surface area (Å²) in [5.41, 5.74) is -1.44. The second-order valence-electron chi connectivity index (χ2n) is 7.45. The van der Waals surface area contributed by atoms with Gasteiger partial charge in [0.25, 0.3) is 0 Å². The van der Waals surface area contributed by atoms with E-state index in [1.54, 1.807) is 23.1 Å². The van der Waals surface area contributed by atoms with Gasteiger partial charge in [0, 0.05) is 19.3 Å². The van der Waals surface area contributed by atoms with Crippen LogP contribution in [-0.4, -0.2) is 50.5 Å². The minimum Gasteiger partial charge on any atom is -0.481 e. The summed E-state index contributed by atoms with van der Waals surface area (Å²) in [4.78, 5) is 30.4. The molecular formula is C21H17ClF3N3O4. The summed E-state index contributed by atoms with van der Waals surface area (Å²) in [6.45, 7) is 0.190. The van der Waals surface area contributed by atoms with Crippen LogP contribution in [0.1, 0.15) is 28.2 Å². The van der Waals surface area contributed by atoms with Gasteiger partial charge in [0.2, 0.25) is 5.78 Å². The van der Waals surface area contributed by atoms with E-state index in [-0.39, 0.29) is 36.2 Å². The van der Waals surface area contributed by atoms with Gasteiger partial charge >= 0.3 is 12.1 Å². The number of fused-ring (bicyclic) bond motifs is 1. The summed E-state index contributed by atoms with van der Waals surface area (Å²) in [5.74, 6) is -3.06. The monoisotopic (exact) mass is 467 g/mol. The molecule has 1 aliphatic rings. The van der Waals surface area contributed by atoms with Crippen LogP contribution in [0.3, 0.4) is 0 Å². The van der Waals surface area contributed by atoms with Crippen LogP contribution < -0.4 is 4.90 Å². The minimum atomic E-state index is -4.80. The van der Waals surface area contributed by atoms with Gasteiger partial charge in [0.15, 0.2) is 11.6 Å². The van der Waals surface area contributed by atoms with E-state index in [1.807, 2.05) is 0 Å². The molecule has 7 nitrogen and oxygen atoms in total. The molecule has 3 heterocycles. The van der Waals surface area contributed by atoms with E-state index in [1.165, 1.54) is 16.7 Å². The summed E-state index contributed by atoms with van der Waals surface area (Å²) in [5, 5.41) is 19.1. The number of hydrogen-bond donors (Lipinski definition) is 2. The van der Waals surface area contributed by atoms with Crippen molar-refractivity contribution in [1.29, 1.82) is 0 Å². The highest BCUT2D eigenvalue weighted by molar-refractivity contribution is 6.35. The highest BCUT2D eigenvalue weighted by atomic mass is 35.5. The normalized spacial score (nSPS) is 19.3. The van der Waals surface area contributed by atoms with Crippen molar-refractivity contribution in [2.24, 2.45) is 5.92 Å². The number of carboxylic acid groups (broad SMARTS) is 1. The minimum absolute atomic E-state index is 0.0495. The van der Waals surface area contributed by atoms with Crippen LogP contribution in [-0.2, 0) is 11.0 Å². The van der Waals surface area contributed by atoms with Crippen LogP contribution in [0.15, 0.2) is 42.6 Å². The molecule has 2 atom stereocenters. The number of carbonyl (C=O) groups is 2. The Labute approximate surface area is 184 Å². The molecule has 0 bridgehead atoms. The molecule has 1 saturated heterocycles. The van der Waals surface area contributed by atoms with Crippen LogP contribution in [0.25, 0.3) is 5.52 Å². The lowest BCUT2D eigenvalue weighted by Gasteiger charge is -2.34. The average molecular weight is 468 g/mol. The van der Waals surface area contributed by atoms with Crippen LogP contribution in [0, 0.1) is 5.92 Å². The predicted molar refractivity (Wildman–Crippen MR) is 109 cm³/mol. The van der Waals surface area contributed by atoms with E-state index in [4.69, 9.17) is 11.6 Å². The quantitative estimate of drug-likeness (QED) is 0.570. The first kappa shape index (κ1) is 22.1. The van der Waals surface area contributed by atoms with Gasteiger partial charge in [-0.3, -0.25) is 14.0 Å². The molecule has 0 radical (unpaired) electrons. The molecule has 32 heavy (non-hydrogen) atoms. The number of β-amino-alcohol motifs (C(OH)–C–C–N with tert-alkyl or cyclic N) is 1. The Morgan fingerprint density at radius 1 is 1.16 bits per heavy atom. The van der Waals surface area contributed by atoms with Gasteiger partial charge in [0.1, 0.15) is 0 Å². The Morgan fingerprint density at radius 3 is 2.56 bits per heavy atom. The molecule has 168 valence electrons. The van der Waals surface area contributed by atoms with Crippen molar-refractivity contribution in [2.75, 3.05) is 18.0 Å². The number of aliphatic hydroxyl groups excluding tert-OH is 1. The van der Waals surface area contributed by atoms with E-state index >= 15 is 0 Å². The lowest BCUT2D eigenvalue weighted by atomic mass is 9.94. The molecule has 2 aromatic heterocycles. The predicted octanol–water partition coefficient (Wildman–Crippen LogP) is 3.51. The van der Waals surface area contributed by atoms with E-state index in [2.05, 4.69) is 4.98 Å². The number of aromatic nitrogens is 2. The largest absolute Gasteiger partial charge is 0.481 e. The maximum Gasteiger partial charge on any atom is 0.417 e. The summed E-state index contributed by atoms with van der Waals surface area (Å²) in [6, 6.07) is 8.00. The van der Waals surface area contributed by atoms with Gasteiger partial charge in [-0.25, -0.2) is 4.98 Å². The zero-order chi connectivity index (χ0) is 23.2. The number of carboxylic acids is 1. The Kier molecular flexibility index (Phi) is 5.59. The number of alkyl halides is 3. The van der Waals surface area contributed by atoms with E-state index in [0.29, 0.717) is 5.52 Å². The highest BCUT2D eigenvalue weighted by Gasteiger charge is 2.38. The van der Waals surface area contributed by atoms with Crippen molar-refractivity contribution >= 4 is 34.7 Å². The number of halogens is 4. The fraction of sp³-hybridized carbons (Fsp3) is 0.286. The summed E-state index contributed by atoms with van der Waals surface area (Å²) in [6.07, 6.45) is -4.33. The number of piperidine rings is 1. The van der Waals surface area contributed by atoms with Crippen molar-refractivity contribution < 1.29 is 33.0 Å². The molecule has 11 heteroatoms. The third-order valence-corrected chi connectivity index (χ3v) is 5.79. The summed E-state index contributed by atoms with van der Waals surface area (Å²) < 4.78 is 42.0. The summed E-state index contributed by atoms with van der Waals surface area (Å²) >= 11 is 5.99. The van der Waals surface area contributed by atoms with Crippen molar-refractivity contribution in [2.45, 2.75) is 18.7 Å². The second kappa shape index (κ2) is 8.10. The lowest BCUT2D eigenvalue weighted by molar-refractivity contribution is -0.146. The van der Waals surface area contributed by atoms with Gasteiger partial charge in [-0.1, -0.05) is 23.7 Å². The third-order valence-electron chi connectivity index (χ3n) is 5.48. The first-order chi connectivity index (χ1) is 15.1. The molecule has 1 aromatic carbocycles. The molecule has 1 aliphatic heterocycles. The number of pyridine rings is 1. The zero-order valence-electron chi connectivity index (χ0n) is 16.4. The number of aliphatic carboxylic acids is 1. The Morgan fingerprint density at radius 2 is 1.91 bits per heavy atom. The standard InChI is InChI=1S/C21H17ClF3N3O4/c22-13-5-3-4-12(21(23,24)25)16(13)17(30)19-26-18(14-6-1-2-8-28(14)19)27-9-7-11(20(31)32)15(29)10-27/h1-6,8,11,15,29H,7,9-10H2,(H,31,32)/t11-,15-/m1/s1. The fourth-order valence-corrected chi connectivity index (χ4v) is 4.19. The van der Waals surface area contributed by atoms with Crippen LogP contribution in [0.2, 0.25) is 5.02 Å². The molecule has 4 rings (SSSR count). The number of nitrogens with zero attached hydrogens (tertiary/aromatic N) is 3. The third kappa shape index (κ3) is 3.80. The zero-order valence-corrected chi connectivity index (χ0v) is 17.1. The smallest absolute Gasteiger partial charge is 0.417 e. The molecule has 0 aliphatic carbocycles. The van der Waals surface area contributed by atoms with Crippen LogP contribution >= 0.6 is 11.6 Å².